The molecule has 0 spiro atoms. The van der Waals surface area contributed by atoms with E-state index in [1.807, 2.05) is 0 Å². The van der Waals surface area contributed by atoms with Crippen molar-refractivity contribution in [1.29, 1.82) is 0 Å². The average molecular weight is 305 g/mol. The van der Waals surface area contributed by atoms with Crippen molar-refractivity contribution in [2.45, 2.75) is 22.5 Å². The summed E-state index contributed by atoms with van der Waals surface area (Å²) in [5, 5.41) is 0.419. The maximum atomic E-state index is 4.53. The van der Waals surface area contributed by atoms with Gasteiger partial charge >= 0.3 is 96.2 Å². The normalized spacial score (nSPS) is 23.4. The molecule has 1 aliphatic heterocycles. The Hall–Kier alpha value is 0.300. The summed E-state index contributed by atoms with van der Waals surface area (Å²) in [6.45, 7) is 2.18. The molecule has 1 fully saturated rings. The molecule has 0 bridgehead atoms. The SMILES string of the molecule is CC[C@H](S)c1ccc(C2C[I-]2)cc1. The van der Waals surface area contributed by atoms with Crippen LogP contribution >= 0.6 is 12.6 Å². The first-order valence-corrected chi connectivity index (χ1v) is 7.95. The minimum absolute atomic E-state index is 0.419. The summed E-state index contributed by atoms with van der Waals surface area (Å²) in [7, 11) is 0. The first-order chi connectivity index (χ1) is 6.31. The van der Waals surface area contributed by atoms with Gasteiger partial charge < -0.3 is 0 Å². The number of thiol groups is 1. The number of benzene rings is 1. The van der Waals surface area contributed by atoms with E-state index in [1.54, 1.807) is 5.56 Å². The second kappa shape index (κ2) is 4.22. The van der Waals surface area contributed by atoms with Crippen LogP contribution in [0.15, 0.2) is 24.3 Å². The van der Waals surface area contributed by atoms with Gasteiger partial charge in [-0.15, -0.1) is 0 Å². The third-order valence-corrected chi connectivity index (χ3v) is 5.52. The van der Waals surface area contributed by atoms with E-state index in [4.69, 9.17) is 0 Å². The van der Waals surface area contributed by atoms with Crippen LogP contribution in [0.5, 0.6) is 0 Å². The van der Waals surface area contributed by atoms with Crippen LogP contribution in [0.4, 0.5) is 0 Å². The molecule has 0 aliphatic carbocycles. The Bertz CT molecular complexity index is 277. The van der Waals surface area contributed by atoms with E-state index < -0.39 is 0 Å². The van der Waals surface area contributed by atoms with Crippen molar-refractivity contribution < 1.29 is 21.2 Å². The zero-order chi connectivity index (χ0) is 9.26. The fourth-order valence-electron chi connectivity index (χ4n) is 1.39. The van der Waals surface area contributed by atoms with Gasteiger partial charge in [0, 0.05) is 0 Å². The van der Waals surface area contributed by atoms with Crippen molar-refractivity contribution in [3.8, 4) is 0 Å². The molecule has 1 unspecified atom stereocenters. The summed E-state index contributed by atoms with van der Waals surface area (Å²) in [6.07, 6.45) is 1.11. The van der Waals surface area contributed by atoms with Gasteiger partial charge in [0.15, 0.2) is 0 Å². The summed E-state index contributed by atoms with van der Waals surface area (Å²) >= 11 is 5.07. The number of rotatable bonds is 3. The van der Waals surface area contributed by atoms with E-state index in [0.717, 1.165) is 10.3 Å². The second-order valence-electron chi connectivity index (χ2n) is 3.37. The van der Waals surface area contributed by atoms with Crippen molar-refractivity contribution in [2.24, 2.45) is 0 Å². The van der Waals surface area contributed by atoms with Gasteiger partial charge in [0.25, 0.3) is 0 Å². The molecular weight excluding hydrogens is 291 g/mol. The van der Waals surface area contributed by atoms with Crippen LogP contribution in [0.3, 0.4) is 0 Å². The molecular formula is C11H14IS-. The summed E-state index contributed by atoms with van der Waals surface area (Å²) in [5.41, 5.74) is 2.93. The van der Waals surface area contributed by atoms with Crippen molar-refractivity contribution >= 4 is 12.6 Å². The average Bonchev–Trinajstić information content (AvgIpc) is 3.00. The van der Waals surface area contributed by atoms with Gasteiger partial charge in [-0.3, -0.25) is 0 Å². The number of alkyl halides is 2. The van der Waals surface area contributed by atoms with Gasteiger partial charge in [0.2, 0.25) is 0 Å². The molecule has 0 radical (unpaired) electrons. The molecule has 2 heteroatoms. The predicted molar refractivity (Wildman–Crippen MR) is 56.1 cm³/mol. The van der Waals surface area contributed by atoms with E-state index in [9.17, 15) is 0 Å². The molecule has 72 valence electrons. The van der Waals surface area contributed by atoms with Gasteiger partial charge in [0.1, 0.15) is 0 Å². The van der Waals surface area contributed by atoms with E-state index in [-0.39, 0.29) is 0 Å². The Balaban J connectivity index is 2.12. The topological polar surface area (TPSA) is 0 Å². The van der Waals surface area contributed by atoms with Crippen LogP contribution < -0.4 is 21.2 Å². The Morgan fingerprint density at radius 1 is 1.46 bits per heavy atom. The van der Waals surface area contributed by atoms with E-state index in [1.165, 1.54) is 9.99 Å². The molecule has 0 aromatic heterocycles. The Morgan fingerprint density at radius 2 is 2.08 bits per heavy atom. The standard InChI is InChI=1S/C11H14IS/c1-2-11(13)9-5-3-8(4-6-9)10-7-12-10/h3-6,10-11,13H,2,7H2,1H3/q-1/t10?,11-/m0/s1. The van der Waals surface area contributed by atoms with Crippen LogP contribution in [-0.2, 0) is 0 Å². The summed E-state index contributed by atoms with van der Waals surface area (Å²) < 4.78 is 2.48. The van der Waals surface area contributed by atoms with Gasteiger partial charge in [-0.05, 0) is 0 Å². The molecule has 13 heavy (non-hydrogen) atoms. The molecule has 1 saturated heterocycles. The fourth-order valence-corrected chi connectivity index (χ4v) is 3.24. The molecule has 2 rings (SSSR count). The van der Waals surface area contributed by atoms with Gasteiger partial charge in [-0.2, -0.15) is 0 Å². The fraction of sp³-hybridized carbons (Fsp3) is 0.455. The molecule has 1 aromatic rings. The molecule has 1 aliphatic rings. The van der Waals surface area contributed by atoms with Crippen molar-refractivity contribution in [3.63, 3.8) is 0 Å². The van der Waals surface area contributed by atoms with Crippen LogP contribution in [0, 0.1) is 0 Å². The Kier molecular flexibility index (Phi) is 3.19. The predicted octanol–water partition coefficient (Wildman–Crippen LogP) is 0.211. The summed E-state index contributed by atoms with van der Waals surface area (Å²) in [6, 6.07) is 9.09. The van der Waals surface area contributed by atoms with Crippen LogP contribution in [0.1, 0.15) is 33.6 Å². The molecule has 0 saturated carbocycles. The van der Waals surface area contributed by atoms with E-state index >= 15 is 0 Å². The minimum atomic E-state index is 0.419. The van der Waals surface area contributed by atoms with Crippen molar-refractivity contribution in [3.05, 3.63) is 35.4 Å². The first kappa shape index (κ1) is 9.84. The van der Waals surface area contributed by atoms with Crippen molar-refractivity contribution in [1.82, 2.24) is 0 Å². The van der Waals surface area contributed by atoms with Crippen molar-refractivity contribution in [2.75, 3.05) is 4.43 Å². The van der Waals surface area contributed by atoms with Gasteiger partial charge in [-0.25, -0.2) is 0 Å². The third kappa shape index (κ3) is 2.40. The molecule has 0 N–H and O–H groups in total. The number of hydrogen-bond acceptors (Lipinski definition) is 1. The van der Waals surface area contributed by atoms with Crippen LogP contribution in [0.2, 0.25) is 0 Å². The van der Waals surface area contributed by atoms with Gasteiger partial charge in [0.05, 0.1) is 0 Å². The molecule has 1 heterocycles. The van der Waals surface area contributed by atoms with Crippen LogP contribution in [-0.4, -0.2) is 4.43 Å². The second-order valence-corrected chi connectivity index (χ2v) is 7.26. The Morgan fingerprint density at radius 3 is 2.54 bits per heavy atom. The van der Waals surface area contributed by atoms with Crippen LogP contribution in [0.25, 0.3) is 0 Å². The first-order valence-electron chi connectivity index (χ1n) is 4.67. The van der Waals surface area contributed by atoms with Gasteiger partial charge in [-0.1, -0.05) is 0 Å². The monoisotopic (exact) mass is 305 g/mol. The maximum absolute atomic E-state index is 4.53. The zero-order valence-electron chi connectivity index (χ0n) is 7.70. The molecule has 0 nitrogen and oxygen atoms in total. The van der Waals surface area contributed by atoms with E-state index in [0.29, 0.717) is 26.5 Å². The number of hydrogen-bond donors (Lipinski definition) is 1. The molecule has 2 atom stereocenters. The Labute approximate surface area is 95.8 Å². The molecule has 1 aromatic carbocycles. The summed E-state index contributed by atoms with van der Waals surface area (Å²) in [5.74, 6) is 0. The zero-order valence-corrected chi connectivity index (χ0v) is 10.8. The summed E-state index contributed by atoms with van der Waals surface area (Å²) in [4.78, 5) is 0. The third-order valence-electron chi connectivity index (χ3n) is 2.38. The molecule has 0 amide bonds. The van der Waals surface area contributed by atoms with E-state index in [2.05, 4.69) is 43.8 Å². The number of halogens is 1. The quantitative estimate of drug-likeness (QED) is 0.461.